The zero-order valence-electron chi connectivity index (χ0n) is 16.0. The van der Waals surface area contributed by atoms with E-state index in [0.29, 0.717) is 13.0 Å². The van der Waals surface area contributed by atoms with Gasteiger partial charge in [0.05, 0.1) is 18.0 Å². The molecule has 1 aliphatic heterocycles. The summed E-state index contributed by atoms with van der Waals surface area (Å²) in [4.78, 5) is 10.3. The molecule has 0 fully saturated rings. The fraction of sp³-hybridized carbons (Fsp3) is 0.600. The minimum absolute atomic E-state index is 0.146. The maximum absolute atomic E-state index is 13.2. The van der Waals surface area contributed by atoms with Crippen LogP contribution in [0.5, 0.6) is 0 Å². The van der Waals surface area contributed by atoms with Crippen LogP contribution in [0.3, 0.4) is 0 Å². The Morgan fingerprint density at radius 1 is 1.38 bits per heavy atom. The molecule has 0 saturated heterocycles. The molecule has 14 heteroatoms. The third-order valence-electron chi connectivity index (χ3n) is 3.94. The van der Waals surface area contributed by atoms with Crippen LogP contribution in [0.2, 0.25) is 0 Å². The van der Waals surface area contributed by atoms with E-state index in [2.05, 4.69) is 10.1 Å². The van der Waals surface area contributed by atoms with Crippen LogP contribution in [-0.2, 0) is 25.9 Å². The number of nitrogens with one attached hydrogen (secondary N) is 1. The number of ether oxygens (including phenoxy) is 1. The monoisotopic (exact) mass is 440 g/mol. The van der Waals surface area contributed by atoms with Crippen molar-refractivity contribution in [1.82, 2.24) is 14.7 Å². The topological polar surface area (TPSA) is 147 Å². The van der Waals surface area contributed by atoms with E-state index in [1.165, 1.54) is 20.8 Å². The molecule has 0 aliphatic carbocycles. The Bertz CT molecular complexity index is 908. The fourth-order valence-corrected chi connectivity index (χ4v) is 3.52. The van der Waals surface area contributed by atoms with E-state index in [9.17, 15) is 21.6 Å². The second kappa shape index (κ2) is 8.59. The van der Waals surface area contributed by atoms with Crippen LogP contribution in [0.1, 0.15) is 50.6 Å². The molecular weight excluding hydrogens is 417 g/mol. The van der Waals surface area contributed by atoms with Crippen LogP contribution in [0, 0.1) is 0 Å². The van der Waals surface area contributed by atoms with E-state index >= 15 is 0 Å². The van der Waals surface area contributed by atoms with Gasteiger partial charge in [-0.15, -0.1) is 13.2 Å². The number of hydrogen-bond acceptors (Lipinski definition) is 8. The number of nitrogens with two attached hydrogens (primary N) is 2. The van der Waals surface area contributed by atoms with Crippen molar-refractivity contribution in [2.45, 2.75) is 45.5 Å². The Morgan fingerprint density at radius 2 is 2.03 bits per heavy atom. The number of nitrogen functional groups attached to an aromatic ring is 1. The van der Waals surface area contributed by atoms with Gasteiger partial charge in [0.15, 0.2) is 4.91 Å². The lowest BCUT2D eigenvalue weighted by Crippen LogP contribution is -2.32. The Hall–Kier alpha value is -2.32. The average Bonchev–Trinajstić information content (AvgIpc) is 2.99. The van der Waals surface area contributed by atoms with Crippen LogP contribution in [0.25, 0.3) is 0 Å². The molecule has 5 N–H and O–H groups in total. The van der Waals surface area contributed by atoms with E-state index in [4.69, 9.17) is 21.0 Å². The molecule has 1 aliphatic rings. The molecule has 0 amide bonds. The summed E-state index contributed by atoms with van der Waals surface area (Å²) < 4.78 is 69.6. The average molecular weight is 440 g/mol. The maximum Gasteiger partial charge on any atom is 0.504 e. The largest absolute Gasteiger partial charge is 0.504 e. The number of alkyl halides is 3. The van der Waals surface area contributed by atoms with Gasteiger partial charge in [0.2, 0.25) is 5.90 Å². The lowest BCUT2D eigenvalue weighted by Gasteiger charge is -2.17. The van der Waals surface area contributed by atoms with Gasteiger partial charge in [0, 0.05) is 19.2 Å². The molecular formula is C15H23F3N6O4S. The van der Waals surface area contributed by atoms with E-state index < -0.39 is 33.3 Å². The van der Waals surface area contributed by atoms with Gasteiger partial charge < -0.3 is 16.2 Å². The Morgan fingerprint density at radius 3 is 2.48 bits per heavy atom. The highest BCUT2D eigenvalue weighted by Gasteiger charge is 2.38. The fourth-order valence-electron chi connectivity index (χ4n) is 2.63. The van der Waals surface area contributed by atoms with Crippen molar-refractivity contribution in [2.75, 3.05) is 18.9 Å². The van der Waals surface area contributed by atoms with E-state index in [0.717, 1.165) is 6.20 Å². The first-order valence-corrected chi connectivity index (χ1v) is 10.1. The van der Waals surface area contributed by atoms with Crippen LogP contribution < -0.4 is 16.4 Å². The molecule has 1 aromatic rings. The second-order valence-electron chi connectivity index (χ2n) is 6.49. The molecule has 1 atom stereocenters. The summed E-state index contributed by atoms with van der Waals surface area (Å²) in [6, 6.07) is 0. The number of hydrogen-bond donors (Lipinski definition) is 3. The van der Waals surface area contributed by atoms with Crippen LogP contribution >= 0.6 is 0 Å². The normalized spacial score (nSPS) is 17.2. The van der Waals surface area contributed by atoms with Crippen LogP contribution in [-0.4, -0.2) is 37.2 Å². The molecule has 0 saturated carbocycles. The van der Waals surface area contributed by atoms with Gasteiger partial charge in [-0.1, -0.05) is 18.7 Å². The smallest absolute Gasteiger partial charge is 0.477 e. The predicted octanol–water partition coefficient (Wildman–Crippen LogP) is 1.60. The molecule has 0 spiro atoms. The summed E-state index contributed by atoms with van der Waals surface area (Å²) in [5, 5.41) is 3.48. The van der Waals surface area contributed by atoms with Gasteiger partial charge in [-0.2, -0.15) is 9.78 Å². The SMILES string of the molecule is CC(C)c1c(N)c(C(C)ONS(=O)(=O)/C(=C/N)C2=NCCCO2)nn1C(F)(F)F. The summed E-state index contributed by atoms with van der Waals surface area (Å²) in [6.45, 7) is 4.98. The number of halogens is 3. The lowest BCUT2D eigenvalue weighted by atomic mass is 10.1. The van der Waals surface area contributed by atoms with Crippen LogP contribution in [0.4, 0.5) is 18.9 Å². The number of nitrogens with zero attached hydrogens (tertiary/aromatic N) is 3. The molecule has 0 bridgehead atoms. The van der Waals surface area contributed by atoms with Crippen molar-refractivity contribution >= 4 is 21.6 Å². The lowest BCUT2D eigenvalue weighted by molar-refractivity contribution is -0.214. The van der Waals surface area contributed by atoms with Gasteiger partial charge in [0.1, 0.15) is 11.8 Å². The van der Waals surface area contributed by atoms with Gasteiger partial charge in [-0.3, -0.25) is 9.83 Å². The quantitative estimate of drug-likeness (QED) is 0.546. The van der Waals surface area contributed by atoms with Crippen molar-refractivity contribution in [3.05, 3.63) is 22.5 Å². The Labute approximate surface area is 165 Å². The minimum atomic E-state index is -4.79. The van der Waals surface area contributed by atoms with Crippen molar-refractivity contribution in [2.24, 2.45) is 10.7 Å². The molecule has 0 aromatic carbocycles. The third-order valence-corrected chi connectivity index (χ3v) is 5.15. The molecule has 1 aromatic heterocycles. The molecule has 1 unspecified atom stereocenters. The zero-order chi connectivity index (χ0) is 22.0. The van der Waals surface area contributed by atoms with E-state index in [-0.39, 0.29) is 34.3 Å². The Kier molecular flexibility index (Phi) is 6.80. The summed E-state index contributed by atoms with van der Waals surface area (Å²) >= 11 is 0. The van der Waals surface area contributed by atoms with Gasteiger partial charge in [0.25, 0.3) is 10.0 Å². The molecule has 2 heterocycles. The summed E-state index contributed by atoms with van der Waals surface area (Å²) in [7, 11) is -4.33. The highest BCUT2D eigenvalue weighted by molar-refractivity contribution is 7.94. The van der Waals surface area contributed by atoms with Crippen LogP contribution in [0.15, 0.2) is 16.1 Å². The van der Waals surface area contributed by atoms with E-state index in [1.807, 2.05) is 0 Å². The van der Waals surface area contributed by atoms with Crippen molar-refractivity contribution in [3.8, 4) is 0 Å². The Balaban J connectivity index is 2.24. The zero-order valence-corrected chi connectivity index (χ0v) is 16.8. The number of anilines is 1. The van der Waals surface area contributed by atoms with Crippen molar-refractivity contribution < 1.29 is 31.2 Å². The second-order valence-corrected chi connectivity index (χ2v) is 8.10. The molecule has 0 radical (unpaired) electrons. The molecule has 29 heavy (non-hydrogen) atoms. The molecule has 2 rings (SSSR count). The van der Waals surface area contributed by atoms with E-state index in [1.54, 1.807) is 4.89 Å². The minimum Gasteiger partial charge on any atom is -0.477 e. The molecule has 164 valence electrons. The van der Waals surface area contributed by atoms with Gasteiger partial charge in [-0.05, 0) is 12.8 Å². The number of aliphatic imine (C=N–C) groups is 1. The maximum atomic E-state index is 13.2. The first kappa shape index (κ1) is 23.0. The third kappa shape index (κ3) is 5.00. The van der Waals surface area contributed by atoms with Crippen molar-refractivity contribution in [1.29, 1.82) is 0 Å². The highest BCUT2D eigenvalue weighted by Crippen LogP contribution is 2.35. The standard InChI is InChI=1S/C15H23F3N6O4S/c1-8(2)13-11(20)12(22-24(13)15(16,17)18)9(3)28-23-29(25,26)10(7-19)14-21-5-4-6-27-14/h7-9,23H,4-6,19-20H2,1-3H3/b10-7+. The predicted molar refractivity (Wildman–Crippen MR) is 98.7 cm³/mol. The summed E-state index contributed by atoms with van der Waals surface area (Å²) in [6.07, 6.45) is -4.62. The number of rotatable bonds is 7. The molecule has 10 nitrogen and oxygen atoms in total. The highest BCUT2D eigenvalue weighted by atomic mass is 32.2. The summed E-state index contributed by atoms with van der Waals surface area (Å²) in [5.41, 5.74) is 10.5. The summed E-state index contributed by atoms with van der Waals surface area (Å²) in [5.74, 6) is -0.763. The van der Waals surface area contributed by atoms with Gasteiger partial charge in [-0.25, -0.2) is 8.42 Å². The number of aromatic nitrogens is 2. The first-order valence-electron chi connectivity index (χ1n) is 8.62. The number of sulfonamides is 1. The first-order chi connectivity index (χ1) is 13.4. The van der Waals surface area contributed by atoms with Crippen molar-refractivity contribution in [3.63, 3.8) is 0 Å². The van der Waals surface area contributed by atoms with Gasteiger partial charge >= 0.3 is 6.30 Å².